The van der Waals surface area contributed by atoms with Crippen LogP contribution in [-0.2, 0) is 14.2 Å². The van der Waals surface area contributed by atoms with Crippen LogP contribution in [0.25, 0.3) is 0 Å². The Kier molecular flexibility index (Phi) is 29.9. The van der Waals surface area contributed by atoms with Gasteiger partial charge in [-0.3, -0.25) is 0 Å². The first-order valence-corrected chi connectivity index (χ1v) is 8.28. The van der Waals surface area contributed by atoms with Crippen LogP contribution >= 0.6 is 0 Å². The number of benzene rings is 1. The molecule has 1 aliphatic heterocycles. The third kappa shape index (κ3) is 22.0. The van der Waals surface area contributed by atoms with Gasteiger partial charge in [0.1, 0.15) is 0 Å². The fourth-order valence-electron chi connectivity index (χ4n) is 1.14. The van der Waals surface area contributed by atoms with Gasteiger partial charge >= 0.3 is 11.9 Å². The van der Waals surface area contributed by atoms with Crippen molar-refractivity contribution in [1.82, 2.24) is 0 Å². The Morgan fingerprint density at radius 2 is 1.32 bits per heavy atom. The summed E-state index contributed by atoms with van der Waals surface area (Å²) in [7, 11) is 1.31. The Hall–Kier alpha value is -2.04. The maximum absolute atomic E-state index is 11.4. The molecule has 1 heterocycles. The minimum atomic E-state index is -0.423. The zero-order chi connectivity index (χ0) is 20.2. The summed E-state index contributed by atoms with van der Waals surface area (Å²) in [5, 5.41) is 22.8. The van der Waals surface area contributed by atoms with Gasteiger partial charge in [0.25, 0.3) is 0 Å². The number of ether oxygens (including phenoxy) is 3. The first-order chi connectivity index (χ1) is 12.5. The highest BCUT2D eigenvalue weighted by atomic mass is 16.6. The zero-order valence-electron chi connectivity index (χ0n) is 16.1. The minimum absolute atomic E-state index is 0. The van der Waals surface area contributed by atoms with E-state index in [0.717, 1.165) is 19.6 Å². The van der Waals surface area contributed by atoms with Gasteiger partial charge in [-0.15, -0.1) is 0 Å². The lowest BCUT2D eigenvalue weighted by atomic mass is 10.1. The number of hydrogen-bond acceptors (Lipinski definition) is 8. The van der Waals surface area contributed by atoms with Gasteiger partial charge in [0, 0.05) is 6.61 Å². The summed E-state index contributed by atoms with van der Waals surface area (Å²) in [6.07, 6.45) is 0.784. The predicted octanol–water partition coefficient (Wildman–Crippen LogP) is 0.838. The molecule has 9 nitrogen and oxygen atoms in total. The van der Waals surface area contributed by atoms with Crippen LogP contribution in [0.5, 0.6) is 0 Å². The topological polar surface area (TPSA) is 157 Å². The van der Waals surface area contributed by atoms with Crippen LogP contribution in [0.1, 0.15) is 48.4 Å². The van der Waals surface area contributed by atoms with Crippen LogP contribution in [0.4, 0.5) is 0 Å². The second-order valence-corrected chi connectivity index (χ2v) is 4.58. The first kappa shape index (κ1) is 33.5. The molecule has 0 bridgehead atoms. The average Bonchev–Trinajstić information content (AvgIpc) is 3.55. The molecule has 0 saturated carbocycles. The number of hydrogen-bond donors (Lipinski definition) is 3. The van der Waals surface area contributed by atoms with Crippen molar-refractivity contribution >= 4 is 11.9 Å². The molecule has 2 rings (SSSR count). The number of methoxy groups -OCH3 is 1. The Morgan fingerprint density at radius 1 is 0.964 bits per heavy atom. The second kappa shape index (κ2) is 25.0. The summed E-state index contributed by atoms with van der Waals surface area (Å²) in [4.78, 5) is 22.5. The molecule has 1 saturated heterocycles. The number of epoxide rings is 1. The van der Waals surface area contributed by atoms with Crippen LogP contribution in [0, 0.1) is 0 Å². The van der Waals surface area contributed by atoms with E-state index in [1.54, 1.807) is 19.1 Å². The van der Waals surface area contributed by atoms with E-state index in [-0.39, 0.29) is 38.7 Å². The van der Waals surface area contributed by atoms with Crippen molar-refractivity contribution in [2.45, 2.75) is 27.7 Å². The number of carbonyl (C=O) groups is 2. The SMILES string of the molecule is C.C1CO1.CCCOC(=O)c1ccc(C(=O)OC)cc1.CCO.O.OCCO. The van der Waals surface area contributed by atoms with Crippen molar-refractivity contribution < 1.29 is 44.6 Å². The third-order valence-electron chi connectivity index (χ3n) is 2.28. The molecule has 1 fully saturated rings. The summed E-state index contributed by atoms with van der Waals surface area (Å²) in [5.41, 5.74) is 0.843. The molecule has 1 aliphatic rings. The zero-order valence-corrected chi connectivity index (χ0v) is 16.1. The molecule has 5 N–H and O–H groups in total. The van der Waals surface area contributed by atoms with Crippen molar-refractivity contribution in [1.29, 1.82) is 0 Å². The highest BCUT2D eigenvalue weighted by molar-refractivity contribution is 5.93. The van der Waals surface area contributed by atoms with Crippen molar-refractivity contribution in [3.05, 3.63) is 35.4 Å². The van der Waals surface area contributed by atoms with Crippen LogP contribution in [-0.4, -0.2) is 79.5 Å². The molecular weight excluding hydrogens is 372 g/mol. The summed E-state index contributed by atoms with van der Waals surface area (Å²) < 4.78 is 14.0. The molecule has 0 aliphatic carbocycles. The normalized spacial score (nSPS) is 9.79. The fraction of sp³-hybridized carbons (Fsp3) is 0.579. The molecule has 28 heavy (non-hydrogen) atoms. The van der Waals surface area contributed by atoms with Gasteiger partial charge in [-0.05, 0) is 37.6 Å². The van der Waals surface area contributed by atoms with Crippen molar-refractivity contribution in [2.75, 3.05) is 46.8 Å². The Morgan fingerprint density at radius 3 is 1.57 bits per heavy atom. The van der Waals surface area contributed by atoms with E-state index in [0.29, 0.717) is 17.7 Å². The largest absolute Gasteiger partial charge is 0.465 e. The Labute approximate surface area is 167 Å². The molecule has 0 radical (unpaired) electrons. The lowest BCUT2D eigenvalue weighted by Gasteiger charge is -2.03. The first-order valence-electron chi connectivity index (χ1n) is 8.28. The number of carbonyl (C=O) groups excluding carboxylic acids is 2. The molecule has 166 valence electrons. The van der Waals surface area contributed by atoms with Gasteiger partial charge in [-0.2, -0.15) is 0 Å². The highest BCUT2D eigenvalue weighted by Gasteiger charge is 2.09. The van der Waals surface area contributed by atoms with E-state index in [4.69, 9.17) is 20.1 Å². The Balaban J connectivity index is -0.000000199. The predicted molar refractivity (Wildman–Crippen MR) is 106 cm³/mol. The van der Waals surface area contributed by atoms with Crippen molar-refractivity contribution in [2.24, 2.45) is 0 Å². The fourth-order valence-corrected chi connectivity index (χ4v) is 1.14. The second-order valence-electron chi connectivity index (χ2n) is 4.58. The smallest absolute Gasteiger partial charge is 0.338 e. The number of aliphatic hydroxyl groups is 3. The summed E-state index contributed by atoms with van der Waals surface area (Å²) in [5.74, 6) is -0.799. The van der Waals surface area contributed by atoms with E-state index in [1.165, 1.54) is 19.2 Å². The molecule has 0 amide bonds. The molecule has 0 aromatic heterocycles. The standard InChI is InChI=1S/C12H14O4.C2H6O2.C2H4O.C2H6O.CH4.H2O/c1-3-8-16-12(14)10-6-4-9(5-7-10)11(13)15-2;3-1-2-4;1-2-3-1;1-2-3;;/h4-7H,3,8H2,1-2H3;3-4H,1-2H2;1-2H2;3H,2H2,1H3;1H4;1H2. The molecule has 0 unspecified atom stereocenters. The Bertz CT molecular complexity index is 454. The lowest BCUT2D eigenvalue weighted by Crippen LogP contribution is -2.07. The quantitative estimate of drug-likeness (QED) is 0.477. The minimum Gasteiger partial charge on any atom is -0.465 e. The van der Waals surface area contributed by atoms with E-state index in [2.05, 4.69) is 9.47 Å². The molecular formula is C19H36O9. The van der Waals surface area contributed by atoms with Crippen LogP contribution < -0.4 is 0 Å². The van der Waals surface area contributed by atoms with Gasteiger partial charge in [-0.25, -0.2) is 9.59 Å². The molecule has 0 spiro atoms. The molecule has 1 aromatic carbocycles. The van der Waals surface area contributed by atoms with E-state index >= 15 is 0 Å². The van der Waals surface area contributed by atoms with E-state index in [1.807, 2.05) is 6.92 Å². The van der Waals surface area contributed by atoms with Gasteiger partial charge in [0.05, 0.1) is 51.3 Å². The summed E-state index contributed by atoms with van der Waals surface area (Å²) in [6.45, 7) is 6.01. The maximum Gasteiger partial charge on any atom is 0.338 e. The van der Waals surface area contributed by atoms with Crippen LogP contribution in [0.15, 0.2) is 24.3 Å². The molecule has 0 atom stereocenters. The summed E-state index contributed by atoms with van der Waals surface area (Å²) in [6, 6.07) is 6.16. The number of esters is 2. The average molecular weight is 408 g/mol. The number of rotatable bonds is 5. The van der Waals surface area contributed by atoms with Crippen molar-refractivity contribution in [3.63, 3.8) is 0 Å². The number of aliphatic hydroxyl groups excluding tert-OH is 3. The van der Waals surface area contributed by atoms with Crippen molar-refractivity contribution in [3.8, 4) is 0 Å². The van der Waals surface area contributed by atoms with Gasteiger partial charge in [-0.1, -0.05) is 14.4 Å². The summed E-state index contributed by atoms with van der Waals surface area (Å²) >= 11 is 0. The van der Waals surface area contributed by atoms with Gasteiger partial charge < -0.3 is 35.0 Å². The van der Waals surface area contributed by atoms with Crippen LogP contribution in [0.3, 0.4) is 0 Å². The molecule has 9 heteroatoms. The lowest BCUT2D eigenvalue weighted by molar-refractivity contribution is 0.0503. The van der Waals surface area contributed by atoms with E-state index < -0.39 is 5.97 Å². The van der Waals surface area contributed by atoms with E-state index in [9.17, 15) is 9.59 Å². The maximum atomic E-state index is 11.4. The van der Waals surface area contributed by atoms with Gasteiger partial charge in [0.2, 0.25) is 0 Å². The third-order valence-corrected chi connectivity index (χ3v) is 2.28. The van der Waals surface area contributed by atoms with Gasteiger partial charge in [0.15, 0.2) is 0 Å². The monoisotopic (exact) mass is 408 g/mol. The molecule has 1 aromatic rings. The van der Waals surface area contributed by atoms with Crippen LogP contribution in [0.2, 0.25) is 0 Å². The highest BCUT2D eigenvalue weighted by Crippen LogP contribution is 2.07.